The molecule has 7 N–H and O–H groups in total. The molecular weight excluding hydrogens is 1700 g/mol. The summed E-state index contributed by atoms with van der Waals surface area (Å²) in [5.41, 5.74) is -9.75. The van der Waals surface area contributed by atoms with Crippen molar-refractivity contribution in [1.29, 1.82) is 0 Å². The summed E-state index contributed by atoms with van der Waals surface area (Å²) in [5.74, 6) is -3.40. The van der Waals surface area contributed by atoms with Gasteiger partial charge in [0, 0.05) is 44.7 Å². The molecule has 2 aromatic carbocycles. The van der Waals surface area contributed by atoms with E-state index in [-0.39, 0.29) is 82.3 Å². The van der Waals surface area contributed by atoms with Crippen LogP contribution in [0.5, 0.6) is 34.5 Å². The number of anilines is 1. The van der Waals surface area contributed by atoms with Crippen LogP contribution in [0.3, 0.4) is 0 Å². The molecule has 0 aromatic heterocycles. The van der Waals surface area contributed by atoms with Gasteiger partial charge in [-0.3, -0.25) is 33.6 Å². The lowest BCUT2D eigenvalue weighted by Gasteiger charge is -2.37. The van der Waals surface area contributed by atoms with Crippen LogP contribution in [0.25, 0.3) is 0 Å². The maximum absolute atomic E-state index is 14.6. The van der Waals surface area contributed by atoms with Crippen LogP contribution < -0.4 is 65.6 Å². The molecule has 32 nitrogen and oxygen atoms in total. The Morgan fingerprint density at radius 3 is 0.667 bits per heavy atom. The van der Waals surface area contributed by atoms with Gasteiger partial charge in [-0.1, -0.05) is 194 Å². The molecule has 0 aliphatic heterocycles. The Morgan fingerprint density at radius 1 is 0.220 bits per heavy atom. The Balaban J connectivity index is 2.36. The number of carbonyl (C=O) groups is 7. The van der Waals surface area contributed by atoms with E-state index >= 15 is 0 Å². The predicted octanol–water partition coefficient (Wildman–Crippen LogP) is 15.4. The smallest absolute Gasteiger partial charge is 0.252 e. The van der Waals surface area contributed by atoms with Gasteiger partial charge in [-0.15, -0.1) is 0 Å². The van der Waals surface area contributed by atoms with E-state index in [2.05, 4.69) is 58.0 Å². The minimum absolute atomic E-state index is 0.00403. The molecule has 0 spiro atoms. The van der Waals surface area contributed by atoms with Crippen LogP contribution in [0.1, 0.15) is 307 Å². The lowest BCUT2D eigenvalue weighted by Crippen LogP contribution is -2.69. The standard InChI is InChI=1S/C100H179N7O25/c1-19-22-25-28-31-34-37-40-43-46-49-127-84-78-81(79-85(128-50-47-44-41-38-35-32-29-26-23-20-2)87(84)131-51-48-45-42-39-36-33-30-27-24-21-3)101-89(109)95(4,5)103-91(111)97(8,9)105-93(113)99(12,13)107-94(114)100(14,15)106-92(112)98(10,11)104-90(110)96(6,7)102-88(108)80-76-82(129-73-70-124-67-64-121-61-58-118-55-52-115-16)86(132-75-72-126-69-66-123-63-60-120-57-54-117-18)83(77-80)130-74-71-125-68-65-122-62-59-119-56-53-116-17/h76-79H,19-75H2,1-18H3,(H,101,109)(H,102,108)(H,103,111)(H,104,110)(H,105,113)(H,106,112)(H,107,114). The lowest BCUT2D eigenvalue weighted by atomic mass is 9.94. The normalized spacial score (nSPS) is 12.0. The van der Waals surface area contributed by atoms with Crippen molar-refractivity contribution < 1.29 is 119 Å². The number of methoxy groups -OCH3 is 3. The van der Waals surface area contributed by atoms with Crippen molar-refractivity contribution in [3.8, 4) is 34.5 Å². The van der Waals surface area contributed by atoms with Gasteiger partial charge in [0.1, 0.15) is 53.1 Å². The highest BCUT2D eigenvalue weighted by molar-refractivity contribution is 6.04. The second-order valence-corrected chi connectivity index (χ2v) is 36.7. The third-order valence-electron chi connectivity index (χ3n) is 21.8. The first-order chi connectivity index (χ1) is 63.3. The molecule has 0 heterocycles. The van der Waals surface area contributed by atoms with Crippen LogP contribution >= 0.6 is 0 Å². The summed E-state index contributed by atoms with van der Waals surface area (Å²) in [6.07, 6.45) is 35.4. The maximum Gasteiger partial charge on any atom is 0.252 e. The van der Waals surface area contributed by atoms with Crippen molar-refractivity contribution in [3.05, 3.63) is 29.8 Å². The molecule has 32 heteroatoms. The number of amides is 7. The molecule has 132 heavy (non-hydrogen) atoms. The van der Waals surface area contributed by atoms with Crippen LogP contribution in [-0.2, 0) is 85.6 Å². The summed E-state index contributed by atoms with van der Waals surface area (Å²) in [7, 11) is 4.80. The Kier molecular flexibility index (Phi) is 67.3. The van der Waals surface area contributed by atoms with Gasteiger partial charge in [0.2, 0.25) is 46.9 Å². The van der Waals surface area contributed by atoms with Crippen molar-refractivity contribution in [2.24, 2.45) is 0 Å². The average molecular weight is 1880 g/mol. The average Bonchev–Trinajstić information content (AvgIpc) is 0.804. The van der Waals surface area contributed by atoms with E-state index in [1.807, 2.05) is 0 Å². The van der Waals surface area contributed by atoms with Gasteiger partial charge in [0.05, 0.1) is 159 Å². The third-order valence-corrected chi connectivity index (χ3v) is 21.8. The number of benzene rings is 2. The van der Waals surface area contributed by atoms with Crippen LogP contribution in [0.15, 0.2) is 24.3 Å². The van der Waals surface area contributed by atoms with E-state index in [9.17, 15) is 33.6 Å². The summed E-state index contributed by atoms with van der Waals surface area (Å²) in [6, 6.07) is 6.41. The largest absolute Gasteiger partial charge is 0.489 e. The van der Waals surface area contributed by atoms with Gasteiger partial charge in [-0.05, 0) is 114 Å². The number of ether oxygens (including phenoxy) is 18. The van der Waals surface area contributed by atoms with Gasteiger partial charge >= 0.3 is 0 Å². The number of hydrogen-bond donors (Lipinski definition) is 7. The minimum atomic E-state index is -1.74. The third kappa shape index (κ3) is 56.5. The topological polar surface area (TPSA) is 370 Å². The van der Waals surface area contributed by atoms with Crippen LogP contribution in [-0.4, -0.2) is 274 Å². The highest BCUT2D eigenvalue weighted by Gasteiger charge is 2.45. The van der Waals surface area contributed by atoms with Crippen molar-refractivity contribution in [1.82, 2.24) is 31.9 Å². The number of carbonyl (C=O) groups excluding carboxylic acids is 7. The first kappa shape index (κ1) is 121. The van der Waals surface area contributed by atoms with Gasteiger partial charge in [0.25, 0.3) is 5.91 Å². The second kappa shape index (κ2) is 73.3. The van der Waals surface area contributed by atoms with E-state index in [1.165, 1.54) is 216 Å². The lowest BCUT2D eigenvalue weighted by molar-refractivity contribution is -0.141. The van der Waals surface area contributed by atoms with E-state index < -0.39 is 74.6 Å². The fourth-order valence-corrected chi connectivity index (χ4v) is 13.2. The van der Waals surface area contributed by atoms with E-state index in [4.69, 9.17) is 85.3 Å². The molecule has 0 bridgehead atoms. The number of unbranched alkanes of at least 4 members (excludes halogenated alkanes) is 27. The van der Waals surface area contributed by atoms with Crippen molar-refractivity contribution in [2.75, 3.05) is 205 Å². The van der Waals surface area contributed by atoms with Gasteiger partial charge in [-0.25, -0.2) is 0 Å². The van der Waals surface area contributed by atoms with Crippen molar-refractivity contribution >= 4 is 47.0 Å². The highest BCUT2D eigenvalue weighted by Crippen LogP contribution is 2.43. The first-order valence-corrected chi connectivity index (χ1v) is 49.4. The molecule has 0 unspecified atom stereocenters. The van der Waals surface area contributed by atoms with E-state index in [0.29, 0.717) is 142 Å². The van der Waals surface area contributed by atoms with Crippen molar-refractivity contribution in [2.45, 2.75) is 330 Å². The molecule has 0 aliphatic rings. The monoisotopic (exact) mass is 1880 g/mol. The molecule has 2 aromatic rings. The van der Waals surface area contributed by atoms with Gasteiger partial charge in [-0.2, -0.15) is 0 Å². The number of nitrogens with one attached hydrogen (secondary N) is 7. The Bertz CT molecular complexity index is 3280. The maximum atomic E-state index is 14.6. The first-order valence-electron chi connectivity index (χ1n) is 49.4. The molecule has 0 radical (unpaired) electrons. The zero-order chi connectivity index (χ0) is 97.5. The molecule has 7 amide bonds. The molecule has 0 fully saturated rings. The molecule has 0 saturated carbocycles. The van der Waals surface area contributed by atoms with Crippen LogP contribution in [0, 0.1) is 0 Å². The Hall–Kier alpha value is -6.95. The molecular formula is C100H179N7O25. The predicted molar refractivity (Wildman–Crippen MR) is 516 cm³/mol. The quantitative estimate of drug-likeness (QED) is 0.0302. The molecule has 2 rings (SSSR count). The van der Waals surface area contributed by atoms with Gasteiger partial charge in [0.15, 0.2) is 23.0 Å². The van der Waals surface area contributed by atoms with Crippen molar-refractivity contribution in [3.63, 3.8) is 0 Å². The Labute approximate surface area is 793 Å². The summed E-state index contributed by atoms with van der Waals surface area (Å²) in [6.45, 7) is 32.7. The fourth-order valence-electron chi connectivity index (χ4n) is 13.2. The minimum Gasteiger partial charge on any atom is -0.489 e. The highest BCUT2D eigenvalue weighted by atomic mass is 16.6. The SMILES string of the molecule is CCCCCCCCCCCCOc1cc(NC(=O)C(C)(C)NC(=O)C(C)(C)NC(=O)C(C)(C)NC(=O)C(C)(C)NC(=O)C(C)(C)NC(=O)C(C)(C)NC(=O)c2cc(OCCOCCOCCOCCOC)c(OCCOCCOCCOCCOC)c(OCCOCCOCCOCCOC)c2)cc(OCCCCCCCCCCCC)c1OCCCCCCCCCCCC. The van der Waals surface area contributed by atoms with E-state index in [1.54, 1.807) is 47.3 Å². The summed E-state index contributed by atoms with van der Waals surface area (Å²) in [4.78, 5) is 101. The summed E-state index contributed by atoms with van der Waals surface area (Å²) >= 11 is 0. The van der Waals surface area contributed by atoms with Gasteiger partial charge < -0.3 is 122 Å². The zero-order valence-corrected chi connectivity index (χ0v) is 84.8. The second-order valence-electron chi connectivity index (χ2n) is 36.7. The van der Waals surface area contributed by atoms with E-state index in [0.717, 1.165) is 57.8 Å². The molecule has 0 saturated heterocycles. The number of rotatable bonds is 89. The van der Waals surface area contributed by atoms with Crippen LogP contribution in [0.2, 0.25) is 0 Å². The summed E-state index contributed by atoms with van der Waals surface area (Å²) < 4.78 is 105. The van der Waals surface area contributed by atoms with Crippen LogP contribution in [0.4, 0.5) is 5.69 Å². The number of hydrogen-bond acceptors (Lipinski definition) is 25. The molecule has 0 aliphatic carbocycles. The zero-order valence-electron chi connectivity index (χ0n) is 84.8. The molecule has 764 valence electrons. The molecule has 0 atom stereocenters. The fraction of sp³-hybridized carbons (Fsp3) is 0.810. The Morgan fingerprint density at radius 2 is 0.409 bits per heavy atom. The summed E-state index contributed by atoms with van der Waals surface area (Å²) in [5, 5.41) is 19.6.